The summed E-state index contributed by atoms with van der Waals surface area (Å²) in [5.74, 6) is 0.885. The van der Waals surface area contributed by atoms with Crippen LogP contribution in [0.5, 0.6) is 11.5 Å². The zero-order valence-electron chi connectivity index (χ0n) is 18.8. The number of benzene rings is 1. The highest BCUT2D eigenvalue weighted by Crippen LogP contribution is 2.34. The van der Waals surface area contributed by atoms with Crippen LogP contribution in [-0.2, 0) is 14.3 Å². The van der Waals surface area contributed by atoms with Crippen LogP contribution in [-0.4, -0.2) is 67.5 Å². The van der Waals surface area contributed by atoms with Crippen LogP contribution in [0.15, 0.2) is 42.0 Å². The van der Waals surface area contributed by atoms with Crippen molar-refractivity contribution < 1.29 is 23.8 Å². The van der Waals surface area contributed by atoms with Crippen LogP contribution in [0, 0.1) is 0 Å². The van der Waals surface area contributed by atoms with Crippen LogP contribution in [0.3, 0.4) is 0 Å². The lowest BCUT2D eigenvalue weighted by Gasteiger charge is -2.23. The Bertz CT molecular complexity index is 1060. The molecular weight excluding hydrogens is 412 g/mol. The van der Waals surface area contributed by atoms with Crippen molar-refractivity contribution in [3.05, 3.63) is 42.0 Å². The quantitative estimate of drug-likeness (QED) is 0.417. The third kappa shape index (κ3) is 5.23. The average molecular weight is 441 g/mol. The summed E-state index contributed by atoms with van der Waals surface area (Å²) in [4.78, 5) is 35.7. The number of methoxy groups -OCH3 is 2. The molecule has 0 spiro atoms. The third-order valence-electron chi connectivity index (χ3n) is 5.04. The van der Waals surface area contributed by atoms with Gasteiger partial charge in [-0.1, -0.05) is 13.3 Å². The molecule has 0 saturated heterocycles. The summed E-state index contributed by atoms with van der Waals surface area (Å²) in [6.45, 7) is 3.58. The van der Waals surface area contributed by atoms with Gasteiger partial charge in [-0.15, -0.1) is 0 Å². The molecule has 1 N–H and O–H groups in total. The molecule has 3 rings (SSSR count). The van der Waals surface area contributed by atoms with Crippen molar-refractivity contribution in [1.82, 2.24) is 14.9 Å². The van der Waals surface area contributed by atoms with Gasteiger partial charge in [0.15, 0.2) is 11.5 Å². The van der Waals surface area contributed by atoms with Gasteiger partial charge in [0.2, 0.25) is 11.6 Å². The molecule has 0 unspecified atom stereocenters. The fourth-order valence-electron chi connectivity index (χ4n) is 3.26. The number of anilines is 1. The summed E-state index contributed by atoms with van der Waals surface area (Å²) >= 11 is 0. The molecule has 1 aromatic carbocycles. The second kappa shape index (κ2) is 10.7. The van der Waals surface area contributed by atoms with E-state index in [1.807, 2.05) is 11.9 Å². The fraction of sp³-hybridized carbons (Fsp3) is 0.391. The molecule has 170 valence electrons. The van der Waals surface area contributed by atoms with E-state index in [-0.39, 0.29) is 17.3 Å². The summed E-state index contributed by atoms with van der Waals surface area (Å²) in [6.07, 6.45) is 6.01. The van der Waals surface area contributed by atoms with Crippen molar-refractivity contribution >= 4 is 28.3 Å². The van der Waals surface area contributed by atoms with Gasteiger partial charge >= 0.3 is 0 Å². The number of rotatable bonds is 11. The Hall–Kier alpha value is -3.46. The van der Waals surface area contributed by atoms with Crippen LogP contribution in [0.25, 0.3) is 10.9 Å². The van der Waals surface area contributed by atoms with Gasteiger partial charge in [0, 0.05) is 44.3 Å². The maximum absolute atomic E-state index is 12.7. The highest BCUT2D eigenvalue weighted by atomic mass is 16.5. The summed E-state index contributed by atoms with van der Waals surface area (Å²) in [6, 6.07) is 3.47. The van der Waals surface area contributed by atoms with Crippen LogP contribution in [0.2, 0.25) is 0 Å². The van der Waals surface area contributed by atoms with E-state index in [1.54, 1.807) is 19.2 Å². The van der Waals surface area contributed by atoms with E-state index in [0.29, 0.717) is 53.7 Å². The minimum Gasteiger partial charge on any atom is -0.493 e. The van der Waals surface area contributed by atoms with Gasteiger partial charge in [-0.3, -0.25) is 9.59 Å². The number of nitrogens with one attached hydrogen (secondary N) is 1. The number of ether oxygens (including phenoxy) is 3. The van der Waals surface area contributed by atoms with E-state index < -0.39 is 0 Å². The van der Waals surface area contributed by atoms with Crippen molar-refractivity contribution in [2.75, 3.05) is 46.3 Å². The van der Waals surface area contributed by atoms with Gasteiger partial charge in [-0.25, -0.2) is 9.97 Å². The van der Waals surface area contributed by atoms with Gasteiger partial charge in [0.05, 0.1) is 30.6 Å². The number of unbranched alkanes of at least 4 members (excludes halogenated alkanes) is 1. The molecule has 0 bridgehead atoms. The number of ketones is 2. The number of carbonyl (C=O) groups is 2. The van der Waals surface area contributed by atoms with Crippen molar-refractivity contribution in [1.29, 1.82) is 0 Å². The lowest BCUT2D eigenvalue weighted by Crippen LogP contribution is -2.29. The smallest absolute Gasteiger partial charge is 0.204 e. The van der Waals surface area contributed by atoms with E-state index >= 15 is 0 Å². The Kier molecular flexibility index (Phi) is 7.77. The molecule has 0 fully saturated rings. The molecule has 0 saturated carbocycles. The lowest BCUT2D eigenvalue weighted by atomic mass is 10.0. The summed E-state index contributed by atoms with van der Waals surface area (Å²) in [5.41, 5.74) is 1.14. The maximum Gasteiger partial charge on any atom is 0.204 e. The molecule has 2 aromatic rings. The second-order valence-electron chi connectivity index (χ2n) is 7.30. The van der Waals surface area contributed by atoms with Gasteiger partial charge in [0.1, 0.15) is 18.8 Å². The van der Waals surface area contributed by atoms with Crippen LogP contribution in [0.4, 0.5) is 5.82 Å². The van der Waals surface area contributed by atoms with Crippen LogP contribution in [0.1, 0.15) is 19.8 Å². The molecule has 0 amide bonds. The normalized spacial score (nSPS) is 13.6. The highest BCUT2D eigenvalue weighted by Gasteiger charge is 2.24. The molecule has 9 heteroatoms. The predicted octanol–water partition coefficient (Wildman–Crippen LogP) is 2.73. The second-order valence-corrected chi connectivity index (χ2v) is 7.30. The van der Waals surface area contributed by atoms with Crippen molar-refractivity contribution in [2.24, 2.45) is 0 Å². The molecule has 1 heterocycles. The number of nitrogens with zero attached hydrogens (tertiary/aromatic N) is 3. The highest BCUT2D eigenvalue weighted by molar-refractivity contribution is 6.21. The van der Waals surface area contributed by atoms with E-state index in [0.717, 1.165) is 12.8 Å². The van der Waals surface area contributed by atoms with Crippen LogP contribution < -0.4 is 14.8 Å². The molecule has 1 aliphatic rings. The first-order valence-corrected chi connectivity index (χ1v) is 10.4. The fourth-order valence-corrected chi connectivity index (χ4v) is 3.26. The molecule has 9 nitrogen and oxygen atoms in total. The molecule has 32 heavy (non-hydrogen) atoms. The zero-order chi connectivity index (χ0) is 23.1. The summed E-state index contributed by atoms with van der Waals surface area (Å²) < 4.78 is 16.2. The molecular formula is C23H28N4O5. The predicted molar refractivity (Wildman–Crippen MR) is 121 cm³/mol. The van der Waals surface area contributed by atoms with Gasteiger partial charge in [0.25, 0.3) is 0 Å². The minimum atomic E-state index is -0.291. The van der Waals surface area contributed by atoms with Crippen molar-refractivity contribution in [2.45, 2.75) is 19.8 Å². The number of fused-ring (bicyclic) bond motifs is 1. The summed E-state index contributed by atoms with van der Waals surface area (Å²) in [7, 11) is 4.95. The Morgan fingerprint density at radius 3 is 2.56 bits per heavy atom. The first-order chi connectivity index (χ1) is 15.5. The average Bonchev–Trinajstić information content (AvgIpc) is 2.79. The first kappa shape index (κ1) is 23.2. The number of hydrogen-bond donors (Lipinski definition) is 1. The number of allylic oxidation sites excluding steroid dienone is 2. The van der Waals surface area contributed by atoms with Gasteiger partial charge in [-0.2, -0.15) is 0 Å². The Balaban J connectivity index is 1.86. The number of hydrogen-bond acceptors (Lipinski definition) is 9. The lowest BCUT2D eigenvalue weighted by molar-refractivity contribution is -0.116. The number of carbonyl (C=O) groups excluding carboxylic acids is 2. The van der Waals surface area contributed by atoms with E-state index in [4.69, 9.17) is 14.2 Å². The molecule has 1 aromatic heterocycles. The molecule has 0 radical (unpaired) electrons. The third-order valence-corrected chi connectivity index (χ3v) is 5.04. The summed E-state index contributed by atoms with van der Waals surface area (Å²) in [5, 5.41) is 3.61. The van der Waals surface area contributed by atoms with Crippen LogP contribution >= 0.6 is 0 Å². The minimum absolute atomic E-state index is 0.155. The zero-order valence-corrected chi connectivity index (χ0v) is 18.8. The topological polar surface area (TPSA) is 103 Å². The van der Waals surface area contributed by atoms with Crippen molar-refractivity contribution in [3.8, 4) is 11.5 Å². The number of aromatic nitrogens is 2. The maximum atomic E-state index is 12.7. The Morgan fingerprint density at radius 1 is 1.03 bits per heavy atom. The van der Waals surface area contributed by atoms with E-state index in [1.165, 1.54) is 25.6 Å². The Morgan fingerprint density at radius 2 is 1.84 bits per heavy atom. The Labute approximate surface area is 187 Å². The molecule has 0 aliphatic heterocycles. The number of likely N-dealkylation sites (N-methyl/N-ethyl adjacent to an activating group) is 1. The van der Waals surface area contributed by atoms with Crippen molar-refractivity contribution in [3.63, 3.8) is 0 Å². The van der Waals surface area contributed by atoms with E-state index in [9.17, 15) is 9.59 Å². The van der Waals surface area contributed by atoms with E-state index in [2.05, 4.69) is 22.2 Å². The van der Waals surface area contributed by atoms with Gasteiger partial charge < -0.3 is 24.4 Å². The monoisotopic (exact) mass is 440 g/mol. The SMILES string of the molecule is CCCCN(C)C1=CC(=O)C(Nc2ncnc3cc(OCCOC)c(OC)cc23)=CC1=O. The molecule has 1 aliphatic carbocycles. The standard InChI is InChI=1S/C23H28N4O5/c1-5-6-7-27(2)18-13-19(28)17(11-20(18)29)26-23-15-10-21(31-4)22(32-9-8-30-3)12-16(15)24-14-25-23/h10-14H,5-9H2,1-4H3,(H,24,25,26). The molecule has 0 atom stereocenters. The van der Waals surface area contributed by atoms with Gasteiger partial charge in [-0.05, 0) is 12.5 Å². The first-order valence-electron chi connectivity index (χ1n) is 10.4. The largest absolute Gasteiger partial charge is 0.493 e.